The fraction of sp³-hybridized carbons (Fsp3) is 0.417. The molecule has 2 aromatic heterocycles. The Bertz CT molecular complexity index is 1160. The number of fused-ring (bicyclic) bond motifs is 1. The molecule has 6 nitrogen and oxygen atoms in total. The highest BCUT2D eigenvalue weighted by atomic mass is 19.4. The van der Waals surface area contributed by atoms with E-state index in [1.807, 2.05) is 13.1 Å². The number of aliphatic hydroxyl groups is 1. The Morgan fingerprint density at radius 1 is 1.21 bits per heavy atom. The summed E-state index contributed by atoms with van der Waals surface area (Å²) in [5.41, 5.74) is 1.01. The SMILES string of the molecule is COc1cc2c(cc1NC(=O)c1cccc(C(F)(F)F)n1)cc([C@H]1CC[C@H](CO)CC1)n2C. The van der Waals surface area contributed by atoms with Crippen LogP contribution in [0.5, 0.6) is 5.75 Å². The van der Waals surface area contributed by atoms with Gasteiger partial charge in [-0.05, 0) is 61.8 Å². The molecular weight excluding hydrogens is 435 g/mol. The number of pyridine rings is 1. The fourth-order valence-corrected chi connectivity index (χ4v) is 4.59. The van der Waals surface area contributed by atoms with Crippen molar-refractivity contribution in [3.05, 3.63) is 53.5 Å². The summed E-state index contributed by atoms with van der Waals surface area (Å²) < 4.78 is 46.4. The van der Waals surface area contributed by atoms with E-state index >= 15 is 0 Å². The predicted octanol–water partition coefficient (Wildman–Crippen LogP) is 5.12. The molecule has 1 aliphatic rings. The van der Waals surface area contributed by atoms with E-state index in [-0.39, 0.29) is 12.3 Å². The highest BCUT2D eigenvalue weighted by molar-refractivity contribution is 6.05. The lowest BCUT2D eigenvalue weighted by Gasteiger charge is -2.27. The van der Waals surface area contributed by atoms with Gasteiger partial charge >= 0.3 is 6.18 Å². The van der Waals surface area contributed by atoms with Gasteiger partial charge in [-0.3, -0.25) is 4.79 Å². The van der Waals surface area contributed by atoms with Gasteiger partial charge in [-0.15, -0.1) is 0 Å². The minimum absolute atomic E-state index is 0.225. The third-order valence-corrected chi connectivity index (χ3v) is 6.44. The summed E-state index contributed by atoms with van der Waals surface area (Å²) in [4.78, 5) is 16.1. The first-order valence-electron chi connectivity index (χ1n) is 10.8. The normalized spacial score (nSPS) is 19.0. The van der Waals surface area contributed by atoms with E-state index in [4.69, 9.17) is 4.74 Å². The molecule has 0 radical (unpaired) electrons. The van der Waals surface area contributed by atoms with Gasteiger partial charge < -0.3 is 19.7 Å². The number of hydrogen-bond acceptors (Lipinski definition) is 4. The van der Waals surface area contributed by atoms with Crippen LogP contribution < -0.4 is 10.1 Å². The van der Waals surface area contributed by atoms with Crippen molar-refractivity contribution in [2.75, 3.05) is 19.0 Å². The third kappa shape index (κ3) is 4.68. The van der Waals surface area contributed by atoms with Crippen LogP contribution in [0.1, 0.15) is 53.5 Å². The first kappa shape index (κ1) is 23.1. The number of amides is 1. The minimum atomic E-state index is -4.64. The number of carbonyl (C=O) groups excluding carboxylic acids is 1. The maximum Gasteiger partial charge on any atom is 0.433 e. The van der Waals surface area contributed by atoms with E-state index in [0.29, 0.717) is 23.3 Å². The number of nitrogens with zero attached hydrogens (tertiary/aromatic N) is 2. The number of rotatable bonds is 5. The Morgan fingerprint density at radius 2 is 1.94 bits per heavy atom. The van der Waals surface area contributed by atoms with Crippen LogP contribution in [-0.2, 0) is 13.2 Å². The fourth-order valence-electron chi connectivity index (χ4n) is 4.59. The van der Waals surface area contributed by atoms with Crippen molar-refractivity contribution in [1.82, 2.24) is 9.55 Å². The summed E-state index contributed by atoms with van der Waals surface area (Å²) in [6.45, 7) is 0.225. The summed E-state index contributed by atoms with van der Waals surface area (Å²) in [7, 11) is 3.46. The van der Waals surface area contributed by atoms with Crippen LogP contribution in [0, 0.1) is 5.92 Å². The molecule has 3 aromatic rings. The summed E-state index contributed by atoms with van der Waals surface area (Å²) in [5.74, 6) is 0.391. The summed E-state index contributed by atoms with van der Waals surface area (Å²) >= 11 is 0. The first-order valence-corrected chi connectivity index (χ1v) is 10.8. The van der Waals surface area contributed by atoms with E-state index in [1.165, 1.54) is 18.9 Å². The van der Waals surface area contributed by atoms with Gasteiger partial charge in [0.05, 0.1) is 18.3 Å². The van der Waals surface area contributed by atoms with Crippen molar-refractivity contribution in [3.63, 3.8) is 0 Å². The first-order chi connectivity index (χ1) is 15.7. The topological polar surface area (TPSA) is 76.4 Å². The van der Waals surface area contributed by atoms with E-state index < -0.39 is 17.8 Å². The lowest BCUT2D eigenvalue weighted by molar-refractivity contribution is -0.141. The van der Waals surface area contributed by atoms with Gasteiger partial charge in [0.25, 0.3) is 5.91 Å². The number of benzene rings is 1. The number of aryl methyl sites for hydroxylation is 1. The van der Waals surface area contributed by atoms with Crippen LogP contribution in [0.3, 0.4) is 0 Å². The van der Waals surface area contributed by atoms with Gasteiger partial charge in [-0.25, -0.2) is 4.98 Å². The molecule has 0 saturated heterocycles. The lowest BCUT2D eigenvalue weighted by atomic mass is 9.81. The molecule has 1 aromatic carbocycles. The summed E-state index contributed by atoms with van der Waals surface area (Å²) in [5, 5.41) is 12.9. The minimum Gasteiger partial charge on any atom is -0.494 e. The molecule has 0 spiro atoms. The van der Waals surface area contributed by atoms with Crippen molar-refractivity contribution in [1.29, 1.82) is 0 Å². The van der Waals surface area contributed by atoms with E-state index in [1.54, 1.807) is 6.07 Å². The zero-order valence-electron chi connectivity index (χ0n) is 18.4. The second-order valence-corrected chi connectivity index (χ2v) is 8.50. The molecule has 1 saturated carbocycles. The molecular formula is C24H26F3N3O3. The Kier molecular flexibility index (Phi) is 6.34. The molecule has 2 heterocycles. The number of carbonyl (C=O) groups is 1. The molecule has 1 amide bonds. The number of anilines is 1. The molecule has 0 unspecified atom stereocenters. The molecule has 4 rings (SSSR count). The number of halogens is 3. The third-order valence-electron chi connectivity index (χ3n) is 6.44. The summed E-state index contributed by atoms with van der Waals surface area (Å²) in [6.07, 6.45) is -0.674. The molecule has 33 heavy (non-hydrogen) atoms. The van der Waals surface area contributed by atoms with Crippen molar-refractivity contribution >= 4 is 22.5 Å². The van der Waals surface area contributed by atoms with Gasteiger partial charge in [0, 0.05) is 30.8 Å². The monoisotopic (exact) mass is 461 g/mol. The maximum absolute atomic E-state index is 13.0. The van der Waals surface area contributed by atoms with Crippen LogP contribution in [-0.4, -0.2) is 34.3 Å². The standard InChI is InChI=1S/C24H26F3N3O3/c1-30-19(15-8-6-14(13-31)7-9-15)11-16-10-18(21(33-2)12-20(16)30)29-23(32)17-4-3-5-22(28-17)24(25,26)27/h3-5,10-12,14-15,31H,6-9,13H2,1-2H3,(H,29,32)/t14-,15-. The van der Waals surface area contributed by atoms with Gasteiger partial charge in [-0.2, -0.15) is 13.2 Å². The number of alkyl halides is 3. The Morgan fingerprint density at radius 3 is 2.58 bits per heavy atom. The average Bonchev–Trinajstić information content (AvgIpc) is 3.13. The maximum atomic E-state index is 13.0. The second-order valence-electron chi connectivity index (χ2n) is 8.50. The van der Waals surface area contributed by atoms with Crippen LogP contribution in [0.2, 0.25) is 0 Å². The average molecular weight is 461 g/mol. The zero-order valence-corrected chi connectivity index (χ0v) is 18.4. The second kappa shape index (κ2) is 9.05. The Labute approximate surface area is 189 Å². The van der Waals surface area contributed by atoms with E-state index in [9.17, 15) is 23.1 Å². The van der Waals surface area contributed by atoms with E-state index in [0.717, 1.165) is 48.7 Å². The van der Waals surface area contributed by atoms with Crippen molar-refractivity contribution < 1.29 is 27.8 Å². The van der Waals surface area contributed by atoms with Crippen LogP contribution in [0.25, 0.3) is 10.9 Å². The van der Waals surface area contributed by atoms with Crippen LogP contribution in [0.15, 0.2) is 36.4 Å². The smallest absolute Gasteiger partial charge is 0.433 e. The molecule has 176 valence electrons. The quantitative estimate of drug-likeness (QED) is 0.553. The van der Waals surface area contributed by atoms with Crippen molar-refractivity contribution in [2.24, 2.45) is 13.0 Å². The van der Waals surface area contributed by atoms with Crippen molar-refractivity contribution in [2.45, 2.75) is 37.8 Å². The zero-order chi connectivity index (χ0) is 23.8. The number of aromatic nitrogens is 2. The summed E-state index contributed by atoms with van der Waals surface area (Å²) in [6, 6.07) is 8.87. The number of methoxy groups -OCH3 is 1. The van der Waals surface area contributed by atoms with Crippen LogP contribution in [0.4, 0.5) is 18.9 Å². The largest absolute Gasteiger partial charge is 0.494 e. The molecule has 0 aliphatic heterocycles. The highest BCUT2D eigenvalue weighted by Crippen LogP contribution is 2.39. The van der Waals surface area contributed by atoms with Crippen LogP contribution >= 0.6 is 0 Å². The lowest BCUT2D eigenvalue weighted by Crippen LogP contribution is -2.17. The van der Waals surface area contributed by atoms with E-state index in [2.05, 4.69) is 20.9 Å². The van der Waals surface area contributed by atoms with Crippen molar-refractivity contribution in [3.8, 4) is 5.75 Å². The molecule has 0 atom stereocenters. The van der Waals surface area contributed by atoms with Gasteiger partial charge in [-0.1, -0.05) is 6.07 Å². The molecule has 1 aliphatic carbocycles. The number of hydrogen-bond donors (Lipinski definition) is 2. The van der Waals surface area contributed by atoms with Gasteiger partial charge in [0.2, 0.25) is 0 Å². The van der Waals surface area contributed by atoms with Gasteiger partial charge in [0.15, 0.2) is 0 Å². The molecule has 1 fully saturated rings. The molecule has 2 N–H and O–H groups in total. The number of nitrogens with one attached hydrogen (secondary N) is 1. The predicted molar refractivity (Wildman–Crippen MR) is 118 cm³/mol. The van der Waals surface area contributed by atoms with Gasteiger partial charge in [0.1, 0.15) is 17.1 Å². The number of ether oxygens (including phenoxy) is 1. The molecule has 9 heteroatoms. The Hall–Kier alpha value is -3.07. The Balaban J connectivity index is 1.63. The highest BCUT2D eigenvalue weighted by Gasteiger charge is 2.33. The number of aliphatic hydroxyl groups excluding tert-OH is 1. The molecule has 0 bridgehead atoms.